The Balaban J connectivity index is 1.54. The summed E-state index contributed by atoms with van der Waals surface area (Å²) in [5, 5.41) is 0. The molecule has 2 heterocycles. The topological polar surface area (TPSA) is 68.3 Å². The van der Waals surface area contributed by atoms with E-state index in [1.54, 1.807) is 36.5 Å². The van der Waals surface area contributed by atoms with Crippen molar-refractivity contribution in [1.82, 2.24) is 9.80 Å². The number of rotatable bonds is 12. The summed E-state index contributed by atoms with van der Waals surface area (Å²) in [6, 6.07) is 17.3. The van der Waals surface area contributed by atoms with Gasteiger partial charge in [0.1, 0.15) is 6.54 Å². The van der Waals surface area contributed by atoms with Gasteiger partial charge in [-0.1, -0.05) is 18.2 Å². The van der Waals surface area contributed by atoms with Crippen LogP contribution in [0.1, 0.15) is 38.5 Å². The van der Waals surface area contributed by atoms with Gasteiger partial charge in [0.2, 0.25) is 5.91 Å². The first-order valence-corrected chi connectivity index (χ1v) is 14.7. The lowest BCUT2D eigenvalue weighted by molar-refractivity contribution is -0.132. The van der Waals surface area contributed by atoms with Gasteiger partial charge in [0.15, 0.2) is 11.5 Å². The van der Waals surface area contributed by atoms with Crippen molar-refractivity contribution in [2.45, 2.75) is 38.8 Å². The Morgan fingerprint density at radius 3 is 2.51 bits per heavy atom. The number of amides is 2. The molecule has 0 saturated carbocycles. The molecule has 1 aliphatic heterocycles. The van der Waals surface area contributed by atoms with Gasteiger partial charge in [-0.2, -0.15) is 0 Å². The maximum absolute atomic E-state index is 13.8. The third kappa shape index (κ3) is 7.84. The first-order valence-electron chi connectivity index (χ1n) is 13.1. The summed E-state index contributed by atoms with van der Waals surface area (Å²) in [5.74, 6) is 1.04. The molecule has 2 aromatic carbocycles. The second-order valence-electron chi connectivity index (χ2n) is 9.57. The van der Waals surface area contributed by atoms with E-state index in [0.717, 1.165) is 23.3 Å². The Bertz CT molecular complexity index is 1270. The van der Waals surface area contributed by atoms with Gasteiger partial charge >= 0.3 is 0 Å². The normalized spacial score (nSPS) is 14.7. The molecule has 1 fully saturated rings. The molecule has 1 unspecified atom stereocenters. The van der Waals surface area contributed by atoms with Crippen LogP contribution >= 0.6 is 27.3 Å². The van der Waals surface area contributed by atoms with Gasteiger partial charge in [-0.15, -0.1) is 11.3 Å². The average molecular weight is 616 g/mol. The molecule has 7 nitrogen and oxygen atoms in total. The first kappa shape index (κ1) is 29.1. The first-order chi connectivity index (χ1) is 18.9. The Labute approximate surface area is 242 Å². The molecular formula is C30H35BrN2O5S. The molecule has 1 aromatic heterocycles. The van der Waals surface area contributed by atoms with Crippen molar-refractivity contribution in [3.8, 4) is 11.5 Å². The van der Waals surface area contributed by atoms with Crippen molar-refractivity contribution in [2.75, 3.05) is 40.5 Å². The minimum absolute atomic E-state index is 0.0175. The highest BCUT2D eigenvalue weighted by molar-refractivity contribution is 9.10. The maximum atomic E-state index is 13.8. The van der Waals surface area contributed by atoms with Crippen LogP contribution in [0.5, 0.6) is 11.5 Å². The van der Waals surface area contributed by atoms with E-state index >= 15 is 0 Å². The molecule has 3 aromatic rings. The number of aryl methyl sites for hydroxylation is 1. The lowest BCUT2D eigenvalue weighted by Gasteiger charge is -2.29. The van der Waals surface area contributed by atoms with E-state index in [4.69, 9.17) is 14.2 Å². The molecule has 0 radical (unpaired) electrons. The molecule has 1 aliphatic rings. The van der Waals surface area contributed by atoms with Crippen molar-refractivity contribution in [3.63, 3.8) is 0 Å². The van der Waals surface area contributed by atoms with Crippen LogP contribution in [-0.2, 0) is 22.5 Å². The number of halogens is 1. The highest BCUT2D eigenvalue weighted by Gasteiger charge is 2.28. The van der Waals surface area contributed by atoms with Crippen LogP contribution in [-0.4, -0.2) is 68.2 Å². The highest BCUT2D eigenvalue weighted by atomic mass is 79.9. The van der Waals surface area contributed by atoms with Crippen LogP contribution in [0.3, 0.4) is 0 Å². The molecule has 0 aliphatic carbocycles. The van der Waals surface area contributed by atoms with Crippen LogP contribution in [0.4, 0.5) is 0 Å². The fourth-order valence-electron chi connectivity index (χ4n) is 4.67. The van der Waals surface area contributed by atoms with E-state index in [0.29, 0.717) is 54.2 Å². The second kappa shape index (κ2) is 14.0. The zero-order valence-electron chi connectivity index (χ0n) is 22.7. The Kier molecular flexibility index (Phi) is 10.4. The van der Waals surface area contributed by atoms with Crippen molar-refractivity contribution >= 4 is 39.1 Å². The van der Waals surface area contributed by atoms with Crippen molar-refractivity contribution in [3.05, 3.63) is 80.0 Å². The van der Waals surface area contributed by atoms with Crippen molar-refractivity contribution in [1.29, 1.82) is 0 Å². The average Bonchev–Trinajstić information content (AvgIpc) is 3.61. The number of benzene rings is 2. The quantitative estimate of drug-likeness (QED) is 0.261. The summed E-state index contributed by atoms with van der Waals surface area (Å²) in [6.45, 7) is 4.10. The standard InChI is InChI=1S/C30H35BrN2O5S/c1-21-10-12-24(39-21)19-32(15-14-22-11-13-27(36-2)28(17-22)37-3)29(34)20-33(18-23-7-6-16-38-23)30(35)25-8-4-5-9-26(25)31/h4-5,8-13,17,23H,6-7,14-16,18-20H2,1-3H3. The number of ether oxygens (including phenoxy) is 3. The van der Waals surface area contributed by atoms with Gasteiger partial charge in [-0.05, 0) is 84.1 Å². The van der Waals surface area contributed by atoms with Crippen LogP contribution in [0.25, 0.3) is 0 Å². The molecule has 2 amide bonds. The molecule has 1 saturated heterocycles. The van der Waals surface area contributed by atoms with Gasteiger partial charge in [-0.25, -0.2) is 0 Å². The molecule has 9 heteroatoms. The number of methoxy groups -OCH3 is 2. The van der Waals surface area contributed by atoms with Crippen molar-refractivity contribution in [2.24, 2.45) is 0 Å². The molecule has 39 heavy (non-hydrogen) atoms. The molecule has 0 bridgehead atoms. The molecule has 208 valence electrons. The second-order valence-corrected chi connectivity index (χ2v) is 11.8. The molecule has 0 N–H and O–H groups in total. The van der Waals surface area contributed by atoms with Gasteiger partial charge in [0, 0.05) is 33.9 Å². The van der Waals surface area contributed by atoms with Crippen LogP contribution in [0.15, 0.2) is 59.1 Å². The highest BCUT2D eigenvalue weighted by Crippen LogP contribution is 2.28. The van der Waals surface area contributed by atoms with Crippen LogP contribution < -0.4 is 9.47 Å². The zero-order valence-corrected chi connectivity index (χ0v) is 25.1. The summed E-state index contributed by atoms with van der Waals surface area (Å²) >= 11 is 5.18. The largest absolute Gasteiger partial charge is 0.493 e. The van der Waals surface area contributed by atoms with E-state index in [-0.39, 0.29) is 24.5 Å². The lowest BCUT2D eigenvalue weighted by atomic mass is 10.1. The van der Waals surface area contributed by atoms with E-state index in [1.165, 1.54) is 4.88 Å². The zero-order chi connectivity index (χ0) is 27.8. The Morgan fingerprint density at radius 2 is 1.85 bits per heavy atom. The monoisotopic (exact) mass is 614 g/mol. The lowest BCUT2D eigenvalue weighted by Crippen LogP contribution is -2.46. The summed E-state index contributed by atoms with van der Waals surface area (Å²) in [5.41, 5.74) is 1.57. The van der Waals surface area contributed by atoms with Gasteiger partial charge in [-0.3, -0.25) is 9.59 Å². The van der Waals surface area contributed by atoms with E-state index in [1.807, 2.05) is 41.3 Å². The third-order valence-electron chi connectivity index (χ3n) is 6.78. The number of carbonyl (C=O) groups excluding carboxylic acids is 2. The van der Waals surface area contributed by atoms with E-state index < -0.39 is 0 Å². The SMILES string of the molecule is COc1ccc(CCN(Cc2ccc(C)s2)C(=O)CN(CC2CCCO2)C(=O)c2ccccc2Br)cc1OC. The molecule has 0 spiro atoms. The van der Waals surface area contributed by atoms with Gasteiger partial charge in [0.05, 0.1) is 32.4 Å². The predicted molar refractivity (Wildman–Crippen MR) is 157 cm³/mol. The fourth-order valence-corrected chi connectivity index (χ4v) is 6.03. The Hall–Kier alpha value is -2.88. The molecular weight excluding hydrogens is 580 g/mol. The number of hydrogen-bond donors (Lipinski definition) is 0. The minimum Gasteiger partial charge on any atom is -0.493 e. The van der Waals surface area contributed by atoms with Gasteiger partial charge in [0.25, 0.3) is 5.91 Å². The molecule has 1 atom stereocenters. The Morgan fingerprint density at radius 1 is 1.05 bits per heavy atom. The van der Waals surface area contributed by atoms with E-state index in [9.17, 15) is 9.59 Å². The number of nitrogens with zero attached hydrogens (tertiary/aromatic N) is 2. The molecule has 4 rings (SSSR count). The summed E-state index contributed by atoms with van der Waals surface area (Å²) in [7, 11) is 3.22. The van der Waals surface area contributed by atoms with Crippen LogP contribution in [0.2, 0.25) is 0 Å². The van der Waals surface area contributed by atoms with Crippen LogP contribution in [0, 0.1) is 6.92 Å². The van der Waals surface area contributed by atoms with Crippen molar-refractivity contribution < 1.29 is 23.8 Å². The minimum atomic E-state index is -0.182. The summed E-state index contributed by atoms with van der Waals surface area (Å²) in [6.07, 6.45) is 2.42. The summed E-state index contributed by atoms with van der Waals surface area (Å²) < 4.78 is 17.4. The third-order valence-corrected chi connectivity index (χ3v) is 8.46. The van der Waals surface area contributed by atoms with E-state index in [2.05, 4.69) is 35.0 Å². The number of hydrogen-bond acceptors (Lipinski definition) is 6. The van der Waals surface area contributed by atoms with Gasteiger partial charge < -0.3 is 24.0 Å². The smallest absolute Gasteiger partial charge is 0.255 e. The maximum Gasteiger partial charge on any atom is 0.255 e. The fraction of sp³-hybridized carbons (Fsp3) is 0.400. The summed E-state index contributed by atoms with van der Waals surface area (Å²) in [4.78, 5) is 33.3. The predicted octanol–water partition coefficient (Wildman–Crippen LogP) is 5.73. The number of carbonyl (C=O) groups is 2. The number of thiophene rings is 1.